The van der Waals surface area contributed by atoms with E-state index < -0.39 is 11.9 Å². The van der Waals surface area contributed by atoms with Gasteiger partial charge in [-0.15, -0.1) is 0 Å². The molecule has 5 rings (SSSR count). The van der Waals surface area contributed by atoms with Gasteiger partial charge >= 0.3 is 0 Å². The summed E-state index contributed by atoms with van der Waals surface area (Å²) in [5.41, 5.74) is 2.00. The Balaban J connectivity index is 1.31. The molecule has 1 aromatic carbocycles. The molecule has 3 amide bonds. The minimum absolute atomic E-state index is 0.0611. The molecule has 2 aliphatic heterocycles. The van der Waals surface area contributed by atoms with Gasteiger partial charge in [-0.25, -0.2) is 13.9 Å². The van der Waals surface area contributed by atoms with Gasteiger partial charge in [-0.05, 0) is 29.3 Å². The van der Waals surface area contributed by atoms with Gasteiger partial charge in [0.25, 0.3) is 0 Å². The number of carbonyl (C=O) groups excluding carboxylic acids is 3. The number of hydrogen-bond donors (Lipinski definition) is 1. The van der Waals surface area contributed by atoms with E-state index in [1.54, 1.807) is 20.5 Å². The number of rotatable bonds is 5. The van der Waals surface area contributed by atoms with E-state index in [2.05, 4.69) is 15.4 Å². The molecule has 2 aliphatic rings. The van der Waals surface area contributed by atoms with Crippen LogP contribution in [0.1, 0.15) is 24.1 Å². The topological polar surface area (TPSA) is 109 Å². The molecule has 11 heteroatoms. The van der Waals surface area contributed by atoms with Crippen LogP contribution in [0.25, 0.3) is 5.65 Å². The fourth-order valence-electron chi connectivity index (χ4n) is 4.75. The van der Waals surface area contributed by atoms with Gasteiger partial charge in [0.05, 0.1) is 25.2 Å². The molecule has 2 aromatic heterocycles. The maximum absolute atomic E-state index is 13.4. The monoisotopic (exact) mass is 480 g/mol. The highest BCUT2D eigenvalue weighted by atomic mass is 19.1. The molecule has 0 unspecified atom stereocenters. The van der Waals surface area contributed by atoms with Crippen LogP contribution in [0.15, 0.2) is 48.9 Å². The van der Waals surface area contributed by atoms with Crippen LogP contribution in [-0.2, 0) is 25.5 Å². The van der Waals surface area contributed by atoms with Crippen molar-refractivity contribution in [2.24, 2.45) is 0 Å². The van der Waals surface area contributed by atoms with Gasteiger partial charge in [0.2, 0.25) is 17.7 Å². The maximum atomic E-state index is 13.4. The van der Waals surface area contributed by atoms with E-state index >= 15 is 0 Å². The molecule has 0 aliphatic carbocycles. The summed E-state index contributed by atoms with van der Waals surface area (Å²) in [5.74, 6) is -1.19. The average molecular weight is 481 g/mol. The molecule has 4 heterocycles. The molecule has 2 saturated heterocycles. The van der Waals surface area contributed by atoms with Crippen molar-refractivity contribution in [2.45, 2.75) is 31.5 Å². The number of nitrogens with one attached hydrogen (secondary N) is 1. The quantitative estimate of drug-likeness (QED) is 0.577. The predicted molar refractivity (Wildman–Crippen MR) is 121 cm³/mol. The third kappa shape index (κ3) is 4.72. The maximum Gasteiger partial charge on any atom is 0.249 e. The molecule has 2 fully saturated rings. The Labute approximate surface area is 200 Å². The second-order valence-corrected chi connectivity index (χ2v) is 8.77. The lowest BCUT2D eigenvalue weighted by atomic mass is 10.1. The van der Waals surface area contributed by atoms with E-state index in [1.165, 1.54) is 37.5 Å². The number of ether oxygens (including phenoxy) is 1. The van der Waals surface area contributed by atoms with Crippen molar-refractivity contribution >= 4 is 23.4 Å². The van der Waals surface area contributed by atoms with Gasteiger partial charge in [-0.3, -0.25) is 14.4 Å². The first kappa shape index (κ1) is 22.9. The average Bonchev–Trinajstić information content (AvgIpc) is 3.49. The second kappa shape index (κ2) is 9.41. The Morgan fingerprint density at radius 1 is 1.17 bits per heavy atom. The Morgan fingerprint density at radius 2 is 1.97 bits per heavy atom. The van der Waals surface area contributed by atoms with Gasteiger partial charge in [0.15, 0.2) is 5.65 Å². The number of nitrogens with zero attached hydrogens (tertiary/aromatic N) is 5. The zero-order valence-corrected chi connectivity index (χ0v) is 19.1. The van der Waals surface area contributed by atoms with E-state index in [0.29, 0.717) is 30.9 Å². The lowest BCUT2D eigenvalue weighted by Gasteiger charge is -2.36. The molecule has 3 atom stereocenters. The number of halogens is 1. The highest BCUT2D eigenvalue weighted by Gasteiger charge is 2.44. The summed E-state index contributed by atoms with van der Waals surface area (Å²) in [7, 11) is 0. The molecular weight excluding hydrogens is 455 g/mol. The first-order valence-electron chi connectivity index (χ1n) is 11.4. The third-order valence-electron chi connectivity index (χ3n) is 6.42. The Kier molecular flexibility index (Phi) is 6.16. The molecule has 3 aromatic rings. The minimum Gasteiger partial charge on any atom is -0.372 e. The van der Waals surface area contributed by atoms with Crippen molar-refractivity contribution in [1.29, 1.82) is 0 Å². The van der Waals surface area contributed by atoms with Crippen molar-refractivity contribution in [3.8, 4) is 0 Å². The fraction of sp³-hybridized carbons (Fsp3) is 0.375. The zero-order chi connectivity index (χ0) is 24.5. The summed E-state index contributed by atoms with van der Waals surface area (Å²) in [4.78, 5) is 45.9. The molecule has 10 nitrogen and oxygen atoms in total. The van der Waals surface area contributed by atoms with E-state index in [1.807, 2.05) is 12.1 Å². The molecule has 0 radical (unpaired) electrons. The van der Waals surface area contributed by atoms with E-state index in [0.717, 1.165) is 5.56 Å². The number of benzene rings is 1. The van der Waals surface area contributed by atoms with Crippen LogP contribution in [-0.4, -0.2) is 80.5 Å². The smallest absolute Gasteiger partial charge is 0.249 e. The van der Waals surface area contributed by atoms with Crippen molar-refractivity contribution in [2.75, 3.05) is 26.2 Å². The Bertz CT molecular complexity index is 1260. The number of hydrogen-bond acceptors (Lipinski definition) is 6. The van der Waals surface area contributed by atoms with Crippen LogP contribution in [0.2, 0.25) is 0 Å². The van der Waals surface area contributed by atoms with Crippen molar-refractivity contribution in [1.82, 2.24) is 29.7 Å². The SMILES string of the molecule is CC(=O)N[C@H](C(=O)N1C[C@@H]2[C@@H](C1)OCCN2C(=O)Cc1ccc2ncnn2c1)c1ccc(F)cc1. The number of aromatic nitrogens is 3. The second-order valence-electron chi connectivity index (χ2n) is 8.77. The van der Waals surface area contributed by atoms with E-state index in [-0.39, 0.29) is 42.8 Å². The lowest BCUT2D eigenvalue weighted by Crippen LogP contribution is -2.53. The highest BCUT2D eigenvalue weighted by molar-refractivity contribution is 5.88. The van der Waals surface area contributed by atoms with Gasteiger partial charge in [0.1, 0.15) is 18.2 Å². The van der Waals surface area contributed by atoms with Crippen LogP contribution < -0.4 is 5.32 Å². The number of carbonyl (C=O) groups is 3. The van der Waals surface area contributed by atoms with Crippen LogP contribution in [0.5, 0.6) is 0 Å². The summed E-state index contributed by atoms with van der Waals surface area (Å²) in [6.45, 7) is 2.72. The lowest BCUT2D eigenvalue weighted by molar-refractivity contribution is -0.142. The van der Waals surface area contributed by atoms with Crippen LogP contribution in [0.3, 0.4) is 0 Å². The number of fused-ring (bicyclic) bond motifs is 2. The molecular formula is C24H25FN6O4. The number of likely N-dealkylation sites (tertiary alicyclic amines) is 1. The molecule has 0 spiro atoms. The van der Waals surface area contributed by atoms with Crippen LogP contribution in [0.4, 0.5) is 4.39 Å². The largest absolute Gasteiger partial charge is 0.372 e. The summed E-state index contributed by atoms with van der Waals surface area (Å²) in [6.07, 6.45) is 3.11. The summed E-state index contributed by atoms with van der Waals surface area (Å²) >= 11 is 0. The molecule has 1 N–H and O–H groups in total. The van der Waals surface area contributed by atoms with Gasteiger partial charge in [-0.1, -0.05) is 18.2 Å². The summed E-state index contributed by atoms with van der Waals surface area (Å²) in [5, 5.41) is 6.78. The normalized spacial score (nSPS) is 20.5. The standard InChI is InChI=1S/C24H25FN6O4/c1-15(32)28-23(17-3-5-18(25)6-4-17)24(34)29-12-19-20(13-29)35-9-8-30(19)22(33)10-16-2-7-21-26-14-27-31(21)11-16/h2-7,11,14,19-20,23H,8-10,12-13H2,1H3,(H,28,32)/t19-,20-,23+/m1/s1. The van der Waals surface area contributed by atoms with Crippen molar-refractivity contribution in [3.05, 3.63) is 65.9 Å². The highest BCUT2D eigenvalue weighted by Crippen LogP contribution is 2.27. The Morgan fingerprint density at radius 3 is 2.74 bits per heavy atom. The van der Waals surface area contributed by atoms with Crippen molar-refractivity contribution < 1.29 is 23.5 Å². The van der Waals surface area contributed by atoms with Gasteiger partial charge < -0.3 is 19.9 Å². The van der Waals surface area contributed by atoms with Crippen molar-refractivity contribution in [3.63, 3.8) is 0 Å². The molecule has 182 valence electrons. The third-order valence-corrected chi connectivity index (χ3v) is 6.42. The van der Waals surface area contributed by atoms with E-state index in [4.69, 9.17) is 4.74 Å². The first-order valence-corrected chi connectivity index (χ1v) is 11.4. The Hall–Kier alpha value is -3.86. The minimum atomic E-state index is -0.952. The predicted octanol–water partition coefficient (Wildman–Crippen LogP) is 0.727. The van der Waals surface area contributed by atoms with Crippen LogP contribution in [0, 0.1) is 5.82 Å². The molecule has 35 heavy (non-hydrogen) atoms. The molecule has 0 bridgehead atoms. The van der Waals surface area contributed by atoms with Gasteiger partial charge in [-0.2, -0.15) is 5.10 Å². The number of morpholine rings is 1. The fourth-order valence-corrected chi connectivity index (χ4v) is 4.75. The summed E-state index contributed by atoms with van der Waals surface area (Å²) in [6, 6.07) is 7.89. The molecule has 0 saturated carbocycles. The number of pyridine rings is 1. The van der Waals surface area contributed by atoms with Gasteiger partial charge in [0, 0.05) is 32.8 Å². The first-order chi connectivity index (χ1) is 16.9. The number of amides is 3. The van der Waals surface area contributed by atoms with Crippen LogP contribution >= 0.6 is 0 Å². The van der Waals surface area contributed by atoms with E-state index in [9.17, 15) is 18.8 Å². The summed E-state index contributed by atoms with van der Waals surface area (Å²) < 4.78 is 20.9. The zero-order valence-electron chi connectivity index (χ0n) is 19.1.